The number of morpholine rings is 1. The fourth-order valence-electron chi connectivity index (χ4n) is 4.89. The summed E-state index contributed by atoms with van der Waals surface area (Å²) in [5.41, 5.74) is 0. The van der Waals surface area contributed by atoms with E-state index in [0.717, 1.165) is 18.6 Å². The molecule has 3 fully saturated rings. The molecule has 0 aromatic heterocycles. The second-order valence-electron chi connectivity index (χ2n) is 8.94. The third-order valence-electron chi connectivity index (χ3n) is 6.76. The Morgan fingerprint density at radius 1 is 1.00 bits per heavy atom. The third kappa shape index (κ3) is 5.41. The molecule has 0 radical (unpaired) electrons. The summed E-state index contributed by atoms with van der Waals surface area (Å²) >= 11 is 0. The molecule has 8 heteroatoms. The van der Waals surface area contributed by atoms with Crippen LogP contribution in [0.4, 0.5) is 0 Å². The van der Waals surface area contributed by atoms with Crippen molar-refractivity contribution in [2.24, 2.45) is 5.92 Å². The van der Waals surface area contributed by atoms with E-state index in [1.54, 1.807) is 11.8 Å². The number of ether oxygens (including phenoxy) is 2. The monoisotopic (exact) mass is 443 g/mol. The minimum absolute atomic E-state index is 0.00721. The van der Waals surface area contributed by atoms with Crippen molar-refractivity contribution in [3.63, 3.8) is 0 Å². The van der Waals surface area contributed by atoms with Gasteiger partial charge in [0.2, 0.25) is 17.7 Å². The van der Waals surface area contributed by atoms with Gasteiger partial charge in [-0.25, -0.2) is 0 Å². The number of amides is 3. The summed E-state index contributed by atoms with van der Waals surface area (Å²) in [6.07, 6.45) is 2.35. The molecule has 0 aliphatic carbocycles. The molecule has 32 heavy (non-hydrogen) atoms. The summed E-state index contributed by atoms with van der Waals surface area (Å²) in [5, 5.41) is 0. The van der Waals surface area contributed by atoms with Crippen LogP contribution in [0.3, 0.4) is 0 Å². The van der Waals surface area contributed by atoms with Crippen molar-refractivity contribution < 1.29 is 23.9 Å². The zero-order valence-corrected chi connectivity index (χ0v) is 18.8. The van der Waals surface area contributed by atoms with Crippen LogP contribution < -0.4 is 4.74 Å². The predicted octanol–water partition coefficient (Wildman–Crippen LogP) is 1.54. The molecule has 0 saturated carbocycles. The van der Waals surface area contributed by atoms with Crippen LogP contribution in [0.1, 0.15) is 32.6 Å². The Kier molecular flexibility index (Phi) is 7.29. The molecule has 3 heterocycles. The van der Waals surface area contributed by atoms with Gasteiger partial charge in [-0.05, 0) is 30.9 Å². The van der Waals surface area contributed by atoms with Crippen LogP contribution in [0, 0.1) is 5.92 Å². The lowest BCUT2D eigenvalue weighted by molar-refractivity contribution is -0.147. The number of hydrogen-bond donors (Lipinski definition) is 0. The minimum atomic E-state index is -0.494. The Hall–Kier alpha value is -2.61. The lowest BCUT2D eigenvalue weighted by Crippen LogP contribution is -2.51. The number of carbonyl (C=O) groups is 3. The second-order valence-corrected chi connectivity index (χ2v) is 8.94. The maximum absolute atomic E-state index is 13.3. The highest BCUT2D eigenvalue weighted by molar-refractivity contribution is 5.88. The number of nitrogens with zero attached hydrogens (tertiary/aromatic N) is 3. The van der Waals surface area contributed by atoms with Gasteiger partial charge in [-0.2, -0.15) is 0 Å². The van der Waals surface area contributed by atoms with E-state index < -0.39 is 6.04 Å². The van der Waals surface area contributed by atoms with Crippen molar-refractivity contribution in [2.75, 3.05) is 45.9 Å². The average Bonchev–Trinajstić information content (AvgIpc) is 3.24. The number of piperidine rings is 1. The normalized spacial score (nSPS) is 24.5. The first kappa shape index (κ1) is 22.6. The molecule has 3 saturated heterocycles. The van der Waals surface area contributed by atoms with Gasteiger partial charge in [-0.1, -0.05) is 18.2 Å². The molecule has 1 aromatic carbocycles. The predicted molar refractivity (Wildman–Crippen MR) is 118 cm³/mol. The fourth-order valence-corrected chi connectivity index (χ4v) is 4.89. The van der Waals surface area contributed by atoms with Gasteiger partial charge in [0.25, 0.3) is 0 Å². The van der Waals surface area contributed by atoms with Gasteiger partial charge >= 0.3 is 0 Å². The van der Waals surface area contributed by atoms with Gasteiger partial charge < -0.3 is 24.2 Å². The van der Waals surface area contributed by atoms with Gasteiger partial charge in [-0.15, -0.1) is 0 Å². The molecule has 0 N–H and O–H groups in total. The van der Waals surface area contributed by atoms with E-state index in [1.165, 1.54) is 0 Å². The topological polar surface area (TPSA) is 79.4 Å². The molecule has 8 nitrogen and oxygen atoms in total. The molecule has 3 aliphatic rings. The Labute approximate surface area is 189 Å². The first-order valence-corrected chi connectivity index (χ1v) is 11.6. The number of benzene rings is 1. The van der Waals surface area contributed by atoms with E-state index in [-0.39, 0.29) is 29.7 Å². The van der Waals surface area contributed by atoms with Crippen LogP contribution in [0.2, 0.25) is 0 Å². The van der Waals surface area contributed by atoms with E-state index in [1.807, 2.05) is 40.1 Å². The highest BCUT2D eigenvalue weighted by Crippen LogP contribution is 2.28. The van der Waals surface area contributed by atoms with E-state index in [9.17, 15) is 14.4 Å². The lowest BCUT2D eigenvalue weighted by Gasteiger charge is -2.34. The molecule has 4 rings (SSSR count). The highest BCUT2D eigenvalue weighted by Gasteiger charge is 2.43. The highest BCUT2D eigenvalue weighted by atomic mass is 16.5. The average molecular weight is 444 g/mol. The summed E-state index contributed by atoms with van der Waals surface area (Å²) in [5.74, 6) is 1.09. The third-order valence-corrected chi connectivity index (χ3v) is 6.76. The summed E-state index contributed by atoms with van der Waals surface area (Å²) in [7, 11) is 0. The molecule has 3 aliphatic heterocycles. The molecule has 3 amide bonds. The molecule has 0 unspecified atom stereocenters. The summed E-state index contributed by atoms with van der Waals surface area (Å²) < 4.78 is 11.5. The number of rotatable bonds is 5. The quantitative estimate of drug-likeness (QED) is 0.690. The maximum Gasteiger partial charge on any atom is 0.245 e. The molecule has 174 valence electrons. The van der Waals surface area contributed by atoms with E-state index in [2.05, 4.69) is 0 Å². The van der Waals surface area contributed by atoms with E-state index in [4.69, 9.17) is 9.47 Å². The largest absolute Gasteiger partial charge is 0.488 e. The Bertz CT molecular complexity index is 803. The zero-order valence-electron chi connectivity index (χ0n) is 18.8. The van der Waals surface area contributed by atoms with Gasteiger partial charge in [-0.3, -0.25) is 14.4 Å². The molecule has 2 atom stereocenters. The Morgan fingerprint density at radius 3 is 2.34 bits per heavy atom. The van der Waals surface area contributed by atoms with Crippen LogP contribution in [-0.4, -0.2) is 90.5 Å². The number of para-hydroxylation sites is 1. The van der Waals surface area contributed by atoms with Crippen molar-refractivity contribution in [3.05, 3.63) is 30.3 Å². The molecule has 0 spiro atoms. The smallest absolute Gasteiger partial charge is 0.245 e. The standard InChI is InChI=1S/C24H33N3O5/c1-18(28)25-9-7-19(8-10-25)15-23(29)27-17-21(32-20-5-3-2-4-6-20)16-22(27)24(30)26-11-13-31-14-12-26/h2-6,19,21-22H,7-17H2,1H3/t21-,22-/m0/s1. The molecular weight excluding hydrogens is 410 g/mol. The number of likely N-dealkylation sites (tertiary alicyclic amines) is 2. The maximum atomic E-state index is 13.3. The van der Waals surface area contributed by atoms with Crippen molar-refractivity contribution in [1.29, 1.82) is 0 Å². The lowest BCUT2D eigenvalue weighted by atomic mass is 9.93. The SMILES string of the molecule is CC(=O)N1CCC(CC(=O)N2C[C@@H](Oc3ccccc3)C[C@H]2C(=O)N2CCOCC2)CC1. The van der Waals surface area contributed by atoms with Gasteiger partial charge in [0.1, 0.15) is 17.9 Å². The Morgan fingerprint density at radius 2 is 1.69 bits per heavy atom. The van der Waals surface area contributed by atoms with Crippen LogP contribution in [0.15, 0.2) is 30.3 Å². The van der Waals surface area contributed by atoms with Gasteiger partial charge in [0, 0.05) is 45.9 Å². The first-order valence-electron chi connectivity index (χ1n) is 11.6. The van der Waals surface area contributed by atoms with Crippen molar-refractivity contribution in [1.82, 2.24) is 14.7 Å². The summed E-state index contributed by atoms with van der Waals surface area (Å²) in [6, 6.07) is 9.05. The van der Waals surface area contributed by atoms with Crippen molar-refractivity contribution >= 4 is 17.7 Å². The molecular formula is C24H33N3O5. The first-order chi connectivity index (χ1) is 15.5. The van der Waals surface area contributed by atoms with Crippen molar-refractivity contribution in [2.45, 2.75) is 44.8 Å². The van der Waals surface area contributed by atoms with Gasteiger partial charge in [0.15, 0.2) is 0 Å². The number of carbonyl (C=O) groups excluding carboxylic acids is 3. The summed E-state index contributed by atoms with van der Waals surface area (Å²) in [6.45, 7) is 5.59. The molecule has 0 bridgehead atoms. The Balaban J connectivity index is 1.42. The van der Waals surface area contributed by atoms with E-state index >= 15 is 0 Å². The van der Waals surface area contributed by atoms with E-state index in [0.29, 0.717) is 58.8 Å². The van der Waals surface area contributed by atoms with Gasteiger partial charge in [0.05, 0.1) is 19.8 Å². The van der Waals surface area contributed by atoms with Crippen LogP contribution >= 0.6 is 0 Å². The van der Waals surface area contributed by atoms with Crippen molar-refractivity contribution in [3.8, 4) is 5.75 Å². The molecule has 1 aromatic rings. The van der Waals surface area contributed by atoms with Crippen LogP contribution in [0.25, 0.3) is 0 Å². The zero-order chi connectivity index (χ0) is 22.5. The fraction of sp³-hybridized carbons (Fsp3) is 0.625. The summed E-state index contributed by atoms with van der Waals surface area (Å²) in [4.78, 5) is 43.6. The van der Waals surface area contributed by atoms with Crippen LogP contribution in [-0.2, 0) is 19.1 Å². The second kappa shape index (κ2) is 10.3. The minimum Gasteiger partial charge on any atom is -0.488 e. The van der Waals surface area contributed by atoms with Crippen LogP contribution in [0.5, 0.6) is 5.75 Å². The number of hydrogen-bond acceptors (Lipinski definition) is 5.